The molecule has 2 aromatic heterocycles. The Morgan fingerprint density at radius 1 is 1.23 bits per heavy atom. The van der Waals surface area contributed by atoms with E-state index in [9.17, 15) is 9.59 Å². The Kier molecular flexibility index (Phi) is 4.24. The molecule has 0 unspecified atom stereocenters. The van der Waals surface area contributed by atoms with Crippen molar-refractivity contribution in [2.45, 2.75) is 13.0 Å². The van der Waals surface area contributed by atoms with Gasteiger partial charge in [0.25, 0.3) is 11.5 Å². The molecule has 112 valence electrons. The van der Waals surface area contributed by atoms with E-state index in [4.69, 9.17) is 0 Å². The maximum absolute atomic E-state index is 12.0. The number of fused-ring (bicyclic) bond motifs is 1. The molecule has 3 rings (SSSR count). The van der Waals surface area contributed by atoms with Crippen LogP contribution >= 0.6 is 11.3 Å². The Morgan fingerprint density at radius 3 is 2.91 bits per heavy atom. The summed E-state index contributed by atoms with van der Waals surface area (Å²) in [6, 6.07) is 10.7. The number of aryl methyl sites for hydroxylation is 1. The van der Waals surface area contributed by atoms with Crippen molar-refractivity contribution < 1.29 is 4.79 Å². The molecular weight excluding hydrogens is 300 g/mol. The van der Waals surface area contributed by atoms with Crippen molar-refractivity contribution in [3.63, 3.8) is 0 Å². The Labute approximate surface area is 130 Å². The topological polar surface area (TPSA) is 76.9 Å². The van der Waals surface area contributed by atoms with Gasteiger partial charge in [0, 0.05) is 25.4 Å². The lowest BCUT2D eigenvalue weighted by atomic mass is 10.3. The summed E-state index contributed by atoms with van der Waals surface area (Å²) in [4.78, 5) is 27.8. The number of carbonyl (C=O) groups excluding carboxylic acids is 1. The number of nitrogens with zero attached hydrogens (tertiary/aromatic N) is 3. The fraction of sp³-hybridized carbons (Fsp3) is 0.200. The summed E-state index contributed by atoms with van der Waals surface area (Å²) in [5, 5.41) is 7.23. The van der Waals surface area contributed by atoms with E-state index >= 15 is 0 Å². The smallest absolute Gasteiger partial charge is 0.280 e. The summed E-state index contributed by atoms with van der Waals surface area (Å²) >= 11 is 1.37. The fourth-order valence-corrected chi connectivity index (χ4v) is 2.91. The van der Waals surface area contributed by atoms with Crippen LogP contribution in [0.3, 0.4) is 0 Å². The highest BCUT2D eigenvalue weighted by atomic mass is 32.1. The fourth-order valence-electron chi connectivity index (χ4n) is 2.03. The summed E-state index contributed by atoms with van der Waals surface area (Å²) < 4.78 is 2.37. The number of nitrogens with one attached hydrogen (secondary N) is 1. The molecule has 0 bridgehead atoms. The predicted octanol–water partition coefficient (Wildman–Crippen LogP) is 1.67. The number of para-hydroxylation sites is 1. The molecule has 1 N–H and O–H groups in total. The van der Waals surface area contributed by atoms with E-state index in [-0.39, 0.29) is 11.5 Å². The maximum atomic E-state index is 12.0. The van der Waals surface area contributed by atoms with Gasteiger partial charge in [-0.1, -0.05) is 12.1 Å². The standard InChI is InChI=1S/C15H14N4O2S/c20-13-7-3-9-17-19(13)10-4-8-16-14(21)15-18-11-5-1-2-6-12(11)22-15/h1-3,5-7,9H,4,8,10H2,(H,16,21). The molecule has 0 saturated carbocycles. The first-order chi connectivity index (χ1) is 10.7. The minimum atomic E-state index is -0.186. The van der Waals surface area contributed by atoms with E-state index in [2.05, 4.69) is 15.4 Å². The molecule has 0 aliphatic carbocycles. The summed E-state index contributed by atoms with van der Waals surface area (Å²) in [5.74, 6) is -0.186. The molecule has 0 saturated heterocycles. The van der Waals surface area contributed by atoms with Crippen molar-refractivity contribution in [3.05, 3.63) is 58.0 Å². The Hall–Kier alpha value is -2.54. The molecule has 0 fully saturated rings. The second kappa shape index (κ2) is 6.48. The first kappa shape index (κ1) is 14.4. The Bertz CT molecular complexity index is 823. The second-order valence-electron chi connectivity index (χ2n) is 4.68. The van der Waals surface area contributed by atoms with E-state index in [0.717, 1.165) is 10.2 Å². The molecule has 1 aromatic carbocycles. The van der Waals surface area contributed by atoms with E-state index in [1.165, 1.54) is 22.1 Å². The minimum Gasteiger partial charge on any atom is -0.350 e. The summed E-state index contributed by atoms with van der Waals surface area (Å²) in [6.45, 7) is 0.942. The van der Waals surface area contributed by atoms with Crippen molar-refractivity contribution in [2.75, 3.05) is 6.54 Å². The lowest BCUT2D eigenvalue weighted by Gasteiger charge is -2.04. The lowest BCUT2D eigenvalue weighted by molar-refractivity contribution is 0.0952. The van der Waals surface area contributed by atoms with Crippen molar-refractivity contribution in [1.29, 1.82) is 0 Å². The van der Waals surface area contributed by atoms with Crippen LogP contribution in [0.15, 0.2) is 47.4 Å². The van der Waals surface area contributed by atoms with Crippen molar-refractivity contribution >= 4 is 27.5 Å². The van der Waals surface area contributed by atoms with Crippen LogP contribution < -0.4 is 10.9 Å². The van der Waals surface area contributed by atoms with Crippen LogP contribution in [0, 0.1) is 0 Å². The maximum Gasteiger partial charge on any atom is 0.280 e. The zero-order valence-corrected chi connectivity index (χ0v) is 12.5. The van der Waals surface area contributed by atoms with Gasteiger partial charge in [-0.3, -0.25) is 9.59 Å². The van der Waals surface area contributed by atoms with Gasteiger partial charge in [-0.25, -0.2) is 9.67 Å². The third kappa shape index (κ3) is 3.20. The molecule has 0 aliphatic rings. The molecule has 7 heteroatoms. The van der Waals surface area contributed by atoms with Crippen LogP contribution in [-0.2, 0) is 6.54 Å². The molecule has 6 nitrogen and oxygen atoms in total. The van der Waals surface area contributed by atoms with Crippen LogP contribution in [0.25, 0.3) is 10.2 Å². The number of benzene rings is 1. The minimum absolute atomic E-state index is 0.139. The van der Waals surface area contributed by atoms with E-state index in [1.807, 2.05) is 24.3 Å². The van der Waals surface area contributed by atoms with Gasteiger partial charge in [-0.2, -0.15) is 5.10 Å². The molecule has 22 heavy (non-hydrogen) atoms. The molecule has 0 spiro atoms. The molecule has 0 atom stereocenters. The number of amides is 1. The number of hydrogen-bond acceptors (Lipinski definition) is 5. The van der Waals surface area contributed by atoms with Gasteiger partial charge in [0.1, 0.15) is 0 Å². The van der Waals surface area contributed by atoms with Crippen LogP contribution in [0.1, 0.15) is 16.2 Å². The van der Waals surface area contributed by atoms with Crippen LogP contribution in [0.2, 0.25) is 0 Å². The molecule has 3 aromatic rings. The number of aromatic nitrogens is 3. The predicted molar refractivity (Wildman–Crippen MR) is 85.1 cm³/mol. The average molecular weight is 314 g/mol. The van der Waals surface area contributed by atoms with Gasteiger partial charge in [-0.15, -0.1) is 11.3 Å². The highest BCUT2D eigenvalue weighted by Gasteiger charge is 2.11. The molecule has 2 heterocycles. The summed E-state index contributed by atoms with van der Waals surface area (Å²) in [7, 11) is 0. The van der Waals surface area contributed by atoms with Crippen LogP contribution in [0.4, 0.5) is 0 Å². The van der Waals surface area contributed by atoms with Crippen molar-refractivity contribution in [2.24, 2.45) is 0 Å². The van der Waals surface area contributed by atoms with E-state index < -0.39 is 0 Å². The highest BCUT2D eigenvalue weighted by Crippen LogP contribution is 2.21. The van der Waals surface area contributed by atoms with Crippen molar-refractivity contribution in [3.8, 4) is 0 Å². The number of rotatable bonds is 5. The Balaban J connectivity index is 1.54. The SMILES string of the molecule is O=C(NCCCn1ncccc1=O)c1nc2ccccc2s1. The quantitative estimate of drug-likeness (QED) is 0.727. The highest BCUT2D eigenvalue weighted by molar-refractivity contribution is 7.20. The summed E-state index contributed by atoms with van der Waals surface area (Å²) in [6.07, 6.45) is 2.20. The van der Waals surface area contributed by atoms with Gasteiger partial charge >= 0.3 is 0 Å². The van der Waals surface area contributed by atoms with Crippen molar-refractivity contribution in [1.82, 2.24) is 20.1 Å². The van der Waals surface area contributed by atoms with Gasteiger partial charge < -0.3 is 5.32 Å². The second-order valence-corrected chi connectivity index (χ2v) is 5.71. The van der Waals surface area contributed by atoms with Gasteiger partial charge in [0.15, 0.2) is 5.01 Å². The summed E-state index contributed by atoms with van der Waals surface area (Å²) in [5.41, 5.74) is 0.692. The largest absolute Gasteiger partial charge is 0.350 e. The number of thiazole rings is 1. The van der Waals surface area contributed by atoms with Gasteiger partial charge in [-0.05, 0) is 24.6 Å². The van der Waals surface area contributed by atoms with E-state index in [1.54, 1.807) is 12.3 Å². The third-order valence-corrected chi connectivity index (χ3v) is 4.14. The zero-order chi connectivity index (χ0) is 15.4. The monoisotopic (exact) mass is 314 g/mol. The van der Waals surface area contributed by atoms with Gasteiger partial charge in [0.2, 0.25) is 0 Å². The van der Waals surface area contributed by atoms with E-state index in [0.29, 0.717) is 24.5 Å². The Morgan fingerprint density at radius 2 is 2.09 bits per heavy atom. The first-order valence-corrected chi connectivity index (χ1v) is 7.71. The molecule has 0 radical (unpaired) electrons. The van der Waals surface area contributed by atoms with Gasteiger partial charge in [0.05, 0.1) is 10.2 Å². The van der Waals surface area contributed by atoms with Crippen LogP contribution in [-0.4, -0.2) is 27.2 Å². The number of carbonyl (C=O) groups is 1. The lowest BCUT2D eigenvalue weighted by Crippen LogP contribution is -2.27. The average Bonchev–Trinajstić information content (AvgIpc) is 2.97. The number of hydrogen-bond donors (Lipinski definition) is 1. The molecule has 1 amide bonds. The molecular formula is C15H14N4O2S. The van der Waals surface area contributed by atoms with Crippen LogP contribution in [0.5, 0.6) is 0 Å². The normalized spacial score (nSPS) is 10.7. The third-order valence-electron chi connectivity index (χ3n) is 3.11. The first-order valence-electron chi connectivity index (χ1n) is 6.90. The molecule has 0 aliphatic heterocycles. The zero-order valence-electron chi connectivity index (χ0n) is 11.7.